The number of ether oxygens (including phenoxy) is 1. The fourth-order valence-electron chi connectivity index (χ4n) is 2.60. The van der Waals surface area contributed by atoms with Gasteiger partial charge in [-0.15, -0.1) is 0 Å². The molecule has 0 aliphatic carbocycles. The van der Waals surface area contributed by atoms with Crippen LogP contribution in [0.1, 0.15) is 36.0 Å². The molecule has 0 bridgehead atoms. The highest BCUT2D eigenvalue weighted by molar-refractivity contribution is 6.32. The smallest absolute Gasteiger partial charge is 0.134 e. The van der Waals surface area contributed by atoms with E-state index in [0.717, 1.165) is 36.3 Å². The molecule has 0 aliphatic heterocycles. The van der Waals surface area contributed by atoms with Gasteiger partial charge in [-0.25, -0.2) is 0 Å². The maximum atomic E-state index is 9.52. The first-order valence-electron chi connectivity index (χ1n) is 7.96. The Bertz CT molecular complexity index is 658. The van der Waals surface area contributed by atoms with Crippen molar-refractivity contribution in [3.63, 3.8) is 0 Å². The summed E-state index contributed by atoms with van der Waals surface area (Å²) < 4.78 is 5.73. The van der Waals surface area contributed by atoms with Gasteiger partial charge >= 0.3 is 0 Å². The van der Waals surface area contributed by atoms with Gasteiger partial charge in [0.1, 0.15) is 11.5 Å². The zero-order valence-electron chi connectivity index (χ0n) is 13.7. The van der Waals surface area contributed by atoms with Gasteiger partial charge in [0.2, 0.25) is 0 Å². The van der Waals surface area contributed by atoms with E-state index in [0.29, 0.717) is 11.6 Å². The van der Waals surface area contributed by atoms with Crippen LogP contribution in [0.2, 0.25) is 5.02 Å². The molecule has 124 valence electrons. The molecule has 3 N–H and O–H groups in total. The van der Waals surface area contributed by atoms with Crippen LogP contribution in [0.3, 0.4) is 0 Å². The standard InChI is InChI=1S/C19H24ClNO2/c1-3-8-23-19-7-5-15(9-13(19)2)16(12-21)10-14-4-6-18(22)17(20)11-14/h4-7,9,11,16,22H,3,8,10,12,21H2,1-2H3. The molecule has 23 heavy (non-hydrogen) atoms. The molecule has 0 saturated heterocycles. The van der Waals surface area contributed by atoms with Crippen molar-refractivity contribution in [1.82, 2.24) is 0 Å². The van der Waals surface area contributed by atoms with E-state index in [1.165, 1.54) is 5.56 Å². The molecule has 0 spiro atoms. The van der Waals surface area contributed by atoms with Crippen molar-refractivity contribution < 1.29 is 9.84 Å². The van der Waals surface area contributed by atoms with E-state index < -0.39 is 0 Å². The Morgan fingerprint density at radius 1 is 1.22 bits per heavy atom. The molecule has 0 aliphatic rings. The van der Waals surface area contributed by atoms with Gasteiger partial charge < -0.3 is 15.6 Å². The molecule has 0 radical (unpaired) electrons. The van der Waals surface area contributed by atoms with Crippen LogP contribution in [0.25, 0.3) is 0 Å². The molecule has 0 heterocycles. The molecular formula is C19H24ClNO2. The fourth-order valence-corrected chi connectivity index (χ4v) is 2.80. The molecule has 0 amide bonds. The summed E-state index contributed by atoms with van der Waals surface area (Å²) in [6.45, 7) is 5.43. The molecule has 0 aromatic heterocycles. The first kappa shape index (κ1) is 17.6. The summed E-state index contributed by atoms with van der Waals surface area (Å²) in [5.74, 6) is 1.24. The van der Waals surface area contributed by atoms with Gasteiger partial charge in [0.05, 0.1) is 11.6 Å². The molecule has 0 fully saturated rings. The van der Waals surface area contributed by atoms with Crippen LogP contribution >= 0.6 is 11.6 Å². The van der Waals surface area contributed by atoms with Gasteiger partial charge in [0.25, 0.3) is 0 Å². The third kappa shape index (κ3) is 4.63. The highest BCUT2D eigenvalue weighted by atomic mass is 35.5. The van der Waals surface area contributed by atoms with Crippen molar-refractivity contribution in [3.05, 3.63) is 58.1 Å². The first-order valence-corrected chi connectivity index (χ1v) is 8.33. The number of rotatable bonds is 7. The van der Waals surface area contributed by atoms with Crippen molar-refractivity contribution >= 4 is 11.6 Å². The Hall–Kier alpha value is -1.71. The van der Waals surface area contributed by atoms with Crippen LogP contribution in [0.4, 0.5) is 0 Å². The van der Waals surface area contributed by atoms with E-state index >= 15 is 0 Å². The highest BCUT2D eigenvalue weighted by Gasteiger charge is 2.13. The summed E-state index contributed by atoms with van der Waals surface area (Å²) in [4.78, 5) is 0. The zero-order chi connectivity index (χ0) is 16.8. The summed E-state index contributed by atoms with van der Waals surface area (Å²) in [6.07, 6.45) is 1.78. The number of hydrogen-bond donors (Lipinski definition) is 2. The predicted molar refractivity (Wildman–Crippen MR) is 95.6 cm³/mol. The Morgan fingerprint density at radius 3 is 2.61 bits per heavy atom. The van der Waals surface area contributed by atoms with E-state index in [2.05, 4.69) is 26.0 Å². The van der Waals surface area contributed by atoms with Gasteiger partial charge in [-0.3, -0.25) is 0 Å². The lowest BCUT2D eigenvalue weighted by molar-refractivity contribution is 0.315. The molecule has 2 rings (SSSR count). The lowest BCUT2D eigenvalue weighted by Crippen LogP contribution is -2.15. The summed E-state index contributed by atoms with van der Waals surface area (Å²) in [7, 11) is 0. The number of benzene rings is 2. The van der Waals surface area contributed by atoms with Crippen molar-refractivity contribution in [2.45, 2.75) is 32.6 Å². The number of phenolic OH excluding ortho intramolecular Hbond substituents is 1. The van der Waals surface area contributed by atoms with E-state index in [4.69, 9.17) is 22.1 Å². The SMILES string of the molecule is CCCOc1ccc(C(CN)Cc2ccc(O)c(Cl)c2)cc1C. The van der Waals surface area contributed by atoms with Gasteiger partial charge in [-0.05, 0) is 61.2 Å². The van der Waals surface area contributed by atoms with Gasteiger partial charge in [-0.1, -0.05) is 36.7 Å². The fraction of sp³-hybridized carbons (Fsp3) is 0.368. The maximum Gasteiger partial charge on any atom is 0.134 e. The second kappa shape index (κ2) is 8.23. The van der Waals surface area contributed by atoms with E-state index in [1.807, 2.05) is 12.1 Å². The largest absolute Gasteiger partial charge is 0.506 e. The van der Waals surface area contributed by atoms with Crippen molar-refractivity contribution in [1.29, 1.82) is 0 Å². The Labute approximate surface area is 143 Å². The lowest BCUT2D eigenvalue weighted by Gasteiger charge is -2.18. The van der Waals surface area contributed by atoms with Crippen LogP contribution < -0.4 is 10.5 Å². The van der Waals surface area contributed by atoms with Crippen LogP contribution in [0.5, 0.6) is 11.5 Å². The summed E-state index contributed by atoms with van der Waals surface area (Å²) in [5.41, 5.74) is 9.35. The molecule has 1 atom stereocenters. The van der Waals surface area contributed by atoms with Crippen LogP contribution in [0.15, 0.2) is 36.4 Å². The first-order chi connectivity index (χ1) is 11.0. The molecular weight excluding hydrogens is 310 g/mol. The van der Waals surface area contributed by atoms with Crippen molar-refractivity contribution in [2.24, 2.45) is 5.73 Å². The number of nitrogens with two attached hydrogens (primary N) is 1. The predicted octanol–water partition coefficient (Wildman–Crippen LogP) is 4.43. The third-order valence-electron chi connectivity index (χ3n) is 3.91. The average molecular weight is 334 g/mol. The van der Waals surface area contributed by atoms with Crippen LogP contribution in [0, 0.1) is 6.92 Å². The summed E-state index contributed by atoms with van der Waals surface area (Å²) >= 11 is 5.98. The highest BCUT2D eigenvalue weighted by Crippen LogP contribution is 2.29. The van der Waals surface area contributed by atoms with Gasteiger partial charge in [0.15, 0.2) is 0 Å². The number of halogens is 1. The zero-order valence-corrected chi connectivity index (χ0v) is 14.4. The minimum absolute atomic E-state index is 0.105. The molecule has 2 aromatic carbocycles. The third-order valence-corrected chi connectivity index (χ3v) is 4.21. The minimum Gasteiger partial charge on any atom is -0.506 e. The van der Waals surface area contributed by atoms with E-state index in [-0.39, 0.29) is 11.7 Å². The molecule has 1 unspecified atom stereocenters. The quantitative estimate of drug-likeness (QED) is 0.788. The summed E-state index contributed by atoms with van der Waals surface area (Å²) in [6, 6.07) is 11.5. The van der Waals surface area contributed by atoms with E-state index in [1.54, 1.807) is 12.1 Å². The second-order valence-corrected chi connectivity index (χ2v) is 6.20. The Morgan fingerprint density at radius 2 is 2.00 bits per heavy atom. The van der Waals surface area contributed by atoms with Crippen LogP contribution in [-0.4, -0.2) is 18.3 Å². The topological polar surface area (TPSA) is 55.5 Å². The van der Waals surface area contributed by atoms with Crippen molar-refractivity contribution in [3.8, 4) is 11.5 Å². The maximum absolute atomic E-state index is 9.52. The lowest BCUT2D eigenvalue weighted by atomic mass is 9.91. The molecule has 3 nitrogen and oxygen atoms in total. The monoisotopic (exact) mass is 333 g/mol. The molecule has 4 heteroatoms. The van der Waals surface area contributed by atoms with Gasteiger partial charge in [0, 0.05) is 5.92 Å². The molecule has 0 saturated carbocycles. The van der Waals surface area contributed by atoms with Gasteiger partial charge in [-0.2, -0.15) is 0 Å². The van der Waals surface area contributed by atoms with Crippen molar-refractivity contribution in [2.75, 3.05) is 13.2 Å². The number of phenols is 1. The normalized spacial score (nSPS) is 12.2. The molecule has 2 aromatic rings. The Balaban J connectivity index is 2.16. The number of aromatic hydroxyl groups is 1. The number of hydrogen-bond acceptors (Lipinski definition) is 3. The second-order valence-electron chi connectivity index (χ2n) is 5.80. The summed E-state index contributed by atoms with van der Waals surface area (Å²) in [5, 5.41) is 9.89. The minimum atomic E-state index is 0.105. The number of aryl methyl sites for hydroxylation is 1. The van der Waals surface area contributed by atoms with E-state index in [9.17, 15) is 5.11 Å². The van der Waals surface area contributed by atoms with Crippen LogP contribution in [-0.2, 0) is 6.42 Å². The average Bonchev–Trinajstić information content (AvgIpc) is 2.54. The Kier molecular flexibility index (Phi) is 6.31.